The van der Waals surface area contributed by atoms with Crippen molar-refractivity contribution in [2.75, 3.05) is 5.32 Å². The summed E-state index contributed by atoms with van der Waals surface area (Å²) >= 11 is 6.14. The minimum absolute atomic E-state index is 0.252. The fourth-order valence-corrected chi connectivity index (χ4v) is 3.55. The molecule has 6 heteroatoms. The van der Waals surface area contributed by atoms with E-state index in [1.807, 2.05) is 31.2 Å². The number of rotatable bonds is 6. The predicted octanol–water partition coefficient (Wildman–Crippen LogP) is 5.98. The number of aromatic nitrogens is 3. The molecule has 3 aromatic carbocycles. The molecule has 0 bridgehead atoms. The van der Waals surface area contributed by atoms with Crippen molar-refractivity contribution < 1.29 is 4.79 Å². The molecule has 4 rings (SSSR count). The Bertz CT molecular complexity index is 1200. The van der Waals surface area contributed by atoms with E-state index in [2.05, 4.69) is 34.6 Å². The lowest BCUT2D eigenvalue weighted by atomic mass is 10.1. The Balaban J connectivity index is 1.60. The molecule has 1 aromatic heterocycles. The summed E-state index contributed by atoms with van der Waals surface area (Å²) in [6.07, 6.45) is 3.45. The van der Waals surface area contributed by atoms with Crippen LogP contribution in [0.15, 0.2) is 60.7 Å². The van der Waals surface area contributed by atoms with Gasteiger partial charge in [0, 0.05) is 5.69 Å². The van der Waals surface area contributed by atoms with Gasteiger partial charge in [-0.15, -0.1) is 10.2 Å². The summed E-state index contributed by atoms with van der Waals surface area (Å²) in [6.45, 7) is 4.13. The van der Waals surface area contributed by atoms with Crippen LogP contribution in [0.2, 0.25) is 5.02 Å². The Labute approximate surface area is 180 Å². The van der Waals surface area contributed by atoms with Crippen molar-refractivity contribution in [3.05, 3.63) is 82.4 Å². The van der Waals surface area contributed by atoms with E-state index in [4.69, 9.17) is 11.6 Å². The van der Waals surface area contributed by atoms with Gasteiger partial charge in [-0.05, 0) is 67.3 Å². The normalized spacial score (nSPS) is 11.0. The molecule has 0 aliphatic heterocycles. The van der Waals surface area contributed by atoms with Crippen molar-refractivity contribution in [2.24, 2.45) is 0 Å². The molecule has 152 valence electrons. The number of aryl methyl sites for hydroxylation is 2. The first-order valence-corrected chi connectivity index (χ1v) is 10.5. The maximum atomic E-state index is 12.6. The predicted molar refractivity (Wildman–Crippen MR) is 122 cm³/mol. The topological polar surface area (TPSA) is 59.8 Å². The SMILES string of the molecule is CCCCc1ccc(-n2nc3cc(C)c(NC(=O)c4ccccc4Cl)cc3n2)cc1. The molecule has 30 heavy (non-hydrogen) atoms. The van der Waals surface area contributed by atoms with Crippen LogP contribution >= 0.6 is 11.6 Å². The zero-order chi connectivity index (χ0) is 21.1. The van der Waals surface area contributed by atoms with E-state index in [1.165, 1.54) is 18.4 Å². The van der Waals surface area contributed by atoms with Gasteiger partial charge in [-0.2, -0.15) is 4.80 Å². The number of unbranched alkanes of at least 4 members (excludes halogenated alkanes) is 1. The molecule has 1 N–H and O–H groups in total. The molecule has 0 aliphatic carbocycles. The van der Waals surface area contributed by atoms with Gasteiger partial charge in [0.05, 0.1) is 16.3 Å². The van der Waals surface area contributed by atoms with Gasteiger partial charge in [0.15, 0.2) is 0 Å². The average molecular weight is 419 g/mol. The summed E-state index contributed by atoms with van der Waals surface area (Å²) in [6, 6.07) is 19.1. The van der Waals surface area contributed by atoms with E-state index in [9.17, 15) is 4.79 Å². The lowest BCUT2D eigenvalue weighted by molar-refractivity contribution is 0.102. The van der Waals surface area contributed by atoms with Gasteiger partial charge in [-0.1, -0.05) is 49.2 Å². The number of hydrogen-bond donors (Lipinski definition) is 1. The minimum Gasteiger partial charge on any atom is -0.322 e. The smallest absolute Gasteiger partial charge is 0.257 e. The molecule has 1 heterocycles. The van der Waals surface area contributed by atoms with E-state index in [1.54, 1.807) is 29.1 Å². The second-order valence-electron chi connectivity index (χ2n) is 7.35. The van der Waals surface area contributed by atoms with Crippen LogP contribution in [0.4, 0.5) is 5.69 Å². The van der Waals surface area contributed by atoms with Gasteiger partial charge in [0.1, 0.15) is 11.0 Å². The van der Waals surface area contributed by atoms with Crippen LogP contribution in [0.1, 0.15) is 41.3 Å². The number of benzene rings is 3. The summed E-state index contributed by atoms with van der Waals surface area (Å²) in [5.41, 5.74) is 5.75. The largest absolute Gasteiger partial charge is 0.322 e. The molecule has 0 unspecified atom stereocenters. The van der Waals surface area contributed by atoms with E-state index in [-0.39, 0.29) is 5.91 Å². The number of anilines is 1. The second kappa shape index (κ2) is 8.67. The molecule has 0 fully saturated rings. The maximum Gasteiger partial charge on any atom is 0.257 e. The first kappa shape index (κ1) is 20.1. The van der Waals surface area contributed by atoms with Crippen LogP contribution in [0.5, 0.6) is 0 Å². The van der Waals surface area contributed by atoms with Gasteiger partial charge < -0.3 is 5.32 Å². The zero-order valence-corrected chi connectivity index (χ0v) is 17.8. The standard InChI is InChI=1S/C24H23ClN4O/c1-3-4-7-17-10-12-18(13-11-17)29-27-22-14-16(2)21(15-23(22)28-29)26-24(30)19-8-5-6-9-20(19)25/h5-6,8-15H,3-4,7H2,1-2H3,(H,26,30). The molecule has 0 radical (unpaired) electrons. The van der Waals surface area contributed by atoms with Crippen molar-refractivity contribution in [2.45, 2.75) is 33.1 Å². The highest BCUT2D eigenvalue weighted by Gasteiger charge is 2.13. The van der Waals surface area contributed by atoms with Crippen LogP contribution in [0.25, 0.3) is 16.7 Å². The third kappa shape index (κ3) is 4.21. The Morgan fingerprint density at radius 3 is 2.43 bits per heavy atom. The third-order valence-corrected chi connectivity index (χ3v) is 5.41. The number of fused-ring (bicyclic) bond motifs is 1. The van der Waals surface area contributed by atoms with Gasteiger partial charge in [-0.25, -0.2) is 0 Å². The van der Waals surface area contributed by atoms with Crippen LogP contribution in [-0.2, 0) is 6.42 Å². The monoisotopic (exact) mass is 418 g/mol. The molecular formula is C24H23ClN4O. The molecule has 1 amide bonds. The molecule has 0 atom stereocenters. The molecule has 4 aromatic rings. The molecule has 0 saturated carbocycles. The molecule has 0 aliphatic rings. The number of nitrogens with one attached hydrogen (secondary N) is 1. The average Bonchev–Trinajstić information content (AvgIpc) is 3.15. The Kier molecular flexibility index (Phi) is 5.81. The van der Waals surface area contributed by atoms with Gasteiger partial charge >= 0.3 is 0 Å². The Hall–Kier alpha value is -3.18. The number of nitrogens with zero attached hydrogens (tertiary/aromatic N) is 3. The first-order chi connectivity index (χ1) is 14.5. The quantitative estimate of drug-likeness (QED) is 0.419. The summed E-state index contributed by atoms with van der Waals surface area (Å²) in [5, 5.41) is 12.6. The van der Waals surface area contributed by atoms with Crippen LogP contribution in [-0.4, -0.2) is 20.9 Å². The van der Waals surface area contributed by atoms with E-state index >= 15 is 0 Å². The second-order valence-corrected chi connectivity index (χ2v) is 7.76. The first-order valence-electron chi connectivity index (χ1n) is 10.1. The van der Waals surface area contributed by atoms with Gasteiger partial charge in [-0.3, -0.25) is 4.79 Å². The van der Waals surface area contributed by atoms with E-state index in [0.29, 0.717) is 21.8 Å². The Morgan fingerprint density at radius 2 is 1.73 bits per heavy atom. The summed E-state index contributed by atoms with van der Waals surface area (Å²) in [5.74, 6) is -0.252. The van der Waals surface area contributed by atoms with E-state index < -0.39 is 0 Å². The molecule has 0 spiro atoms. The van der Waals surface area contributed by atoms with Crippen molar-refractivity contribution in [1.29, 1.82) is 0 Å². The van der Waals surface area contributed by atoms with Crippen molar-refractivity contribution in [1.82, 2.24) is 15.0 Å². The van der Waals surface area contributed by atoms with Crippen LogP contribution < -0.4 is 5.32 Å². The number of carbonyl (C=O) groups is 1. The van der Waals surface area contributed by atoms with Crippen LogP contribution in [0.3, 0.4) is 0 Å². The highest BCUT2D eigenvalue weighted by atomic mass is 35.5. The van der Waals surface area contributed by atoms with Crippen molar-refractivity contribution >= 4 is 34.2 Å². The lowest BCUT2D eigenvalue weighted by Gasteiger charge is -2.09. The number of amides is 1. The minimum atomic E-state index is -0.252. The van der Waals surface area contributed by atoms with Crippen molar-refractivity contribution in [3.63, 3.8) is 0 Å². The van der Waals surface area contributed by atoms with Gasteiger partial charge in [0.25, 0.3) is 5.91 Å². The van der Waals surface area contributed by atoms with Crippen LogP contribution in [0, 0.1) is 6.92 Å². The Morgan fingerprint density at radius 1 is 1.03 bits per heavy atom. The third-order valence-electron chi connectivity index (χ3n) is 5.08. The highest BCUT2D eigenvalue weighted by Crippen LogP contribution is 2.24. The summed E-state index contributed by atoms with van der Waals surface area (Å²) < 4.78 is 0. The molecule has 0 saturated heterocycles. The fourth-order valence-electron chi connectivity index (χ4n) is 3.33. The van der Waals surface area contributed by atoms with Gasteiger partial charge in [0.2, 0.25) is 0 Å². The highest BCUT2D eigenvalue weighted by molar-refractivity contribution is 6.34. The zero-order valence-electron chi connectivity index (χ0n) is 17.0. The van der Waals surface area contributed by atoms with E-state index in [0.717, 1.165) is 23.2 Å². The maximum absolute atomic E-state index is 12.6. The molecular weight excluding hydrogens is 396 g/mol. The number of halogens is 1. The molecule has 5 nitrogen and oxygen atoms in total. The lowest BCUT2D eigenvalue weighted by Crippen LogP contribution is -2.13. The van der Waals surface area contributed by atoms with Crippen molar-refractivity contribution in [3.8, 4) is 5.69 Å². The number of hydrogen-bond acceptors (Lipinski definition) is 3. The number of carbonyl (C=O) groups excluding carboxylic acids is 1. The summed E-state index contributed by atoms with van der Waals surface area (Å²) in [4.78, 5) is 14.3. The summed E-state index contributed by atoms with van der Waals surface area (Å²) in [7, 11) is 0. The fraction of sp³-hybridized carbons (Fsp3) is 0.208.